The Balaban J connectivity index is 4.33. The van der Waals surface area contributed by atoms with Crippen molar-refractivity contribution in [1.82, 2.24) is 0 Å². The van der Waals surface area contributed by atoms with Crippen molar-refractivity contribution >= 4 is 17.9 Å². The summed E-state index contributed by atoms with van der Waals surface area (Å²) in [7, 11) is 0. The Bertz CT molecular complexity index is 1080. The topological polar surface area (TPSA) is 78.9 Å². The molecule has 0 aromatic rings. The molecule has 0 fully saturated rings. The first-order valence-electron chi connectivity index (χ1n) is 28.0. The van der Waals surface area contributed by atoms with Gasteiger partial charge in [-0.3, -0.25) is 14.4 Å². The molecule has 0 radical (unpaired) electrons. The molecule has 64 heavy (non-hydrogen) atoms. The van der Waals surface area contributed by atoms with Gasteiger partial charge in [0, 0.05) is 19.3 Å². The fourth-order valence-corrected chi connectivity index (χ4v) is 8.12. The Kier molecular flexibility index (Phi) is 51.3. The van der Waals surface area contributed by atoms with Crippen LogP contribution in [0.3, 0.4) is 0 Å². The third-order valence-corrected chi connectivity index (χ3v) is 12.4. The molecule has 6 nitrogen and oxygen atoms in total. The number of rotatable bonds is 51. The van der Waals surface area contributed by atoms with Crippen LogP contribution in [0.5, 0.6) is 0 Å². The normalized spacial score (nSPS) is 12.2. The first kappa shape index (κ1) is 61.6. The molecule has 0 aliphatic rings. The van der Waals surface area contributed by atoms with Crippen LogP contribution < -0.4 is 0 Å². The lowest BCUT2D eigenvalue weighted by atomic mass is 10.0. The van der Waals surface area contributed by atoms with E-state index in [4.69, 9.17) is 14.2 Å². The molecule has 0 saturated heterocycles. The van der Waals surface area contributed by atoms with Gasteiger partial charge >= 0.3 is 17.9 Å². The van der Waals surface area contributed by atoms with Gasteiger partial charge in [-0.1, -0.05) is 237 Å². The Labute approximate surface area is 397 Å². The summed E-state index contributed by atoms with van der Waals surface area (Å²) in [6, 6.07) is 0. The summed E-state index contributed by atoms with van der Waals surface area (Å²) in [5, 5.41) is 0. The van der Waals surface area contributed by atoms with Crippen LogP contribution in [0, 0.1) is 0 Å². The second-order valence-electron chi connectivity index (χ2n) is 18.8. The molecule has 0 rings (SSSR count). The molecule has 0 heterocycles. The van der Waals surface area contributed by atoms with E-state index in [0.717, 1.165) is 70.6 Å². The molecule has 0 bridgehead atoms. The second kappa shape index (κ2) is 53.2. The molecule has 6 heteroatoms. The van der Waals surface area contributed by atoms with Gasteiger partial charge in [0.1, 0.15) is 13.2 Å². The van der Waals surface area contributed by atoms with Gasteiger partial charge in [-0.2, -0.15) is 0 Å². The van der Waals surface area contributed by atoms with Crippen LogP contribution in [0.15, 0.2) is 36.5 Å². The van der Waals surface area contributed by atoms with Crippen molar-refractivity contribution in [2.75, 3.05) is 13.2 Å². The zero-order valence-electron chi connectivity index (χ0n) is 42.8. The largest absolute Gasteiger partial charge is 0.462 e. The molecule has 0 spiro atoms. The summed E-state index contributed by atoms with van der Waals surface area (Å²) in [6.45, 7) is 6.63. The first-order valence-corrected chi connectivity index (χ1v) is 28.0. The summed E-state index contributed by atoms with van der Waals surface area (Å²) in [5.74, 6) is -0.872. The van der Waals surface area contributed by atoms with Crippen molar-refractivity contribution in [2.45, 2.75) is 303 Å². The number of hydrogen-bond donors (Lipinski definition) is 0. The second-order valence-corrected chi connectivity index (χ2v) is 18.8. The molecular formula is C58H106O6. The van der Waals surface area contributed by atoms with Crippen molar-refractivity contribution in [1.29, 1.82) is 0 Å². The Morgan fingerprint density at radius 1 is 0.312 bits per heavy atom. The van der Waals surface area contributed by atoms with E-state index in [0.29, 0.717) is 19.3 Å². The third-order valence-electron chi connectivity index (χ3n) is 12.4. The standard InChI is InChI=1S/C58H106O6/c1-4-7-10-13-16-19-22-25-27-28-29-30-31-34-36-39-42-45-48-51-57(60)63-54-55(53-62-56(59)50-47-44-41-38-35-32-24-21-18-15-12-9-6-3)64-58(61)52-49-46-43-40-37-33-26-23-20-17-14-11-8-5-2/h16,19,23,25-27,55H,4-15,17-18,20-22,24,28-54H2,1-3H3/b19-16+,26-23+,27-25+/t55-/m1/s1. The van der Waals surface area contributed by atoms with Crippen LogP contribution in [0.2, 0.25) is 0 Å². The Hall–Kier alpha value is -2.37. The van der Waals surface area contributed by atoms with Crippen LogP contribution in [-0.2, 0) is 28.6 Å². The number of carbonyl (C=O) groups excluding carboxylic acids is 3. The van der Waals surface area contributed by atoms with Gasteiger partial charge in [0.2, 0.25) is 0 Å². The summed E-state index contributed by atoms with van der Waals surface area (Å²) >= 11 is 0. The summed E-state index contributed by atoms with van der Waals surface area (Å²) in [6.07, 6.45) is 62.7. The van der Waals surface area contributed by atoms with Crippen LogP contribution in [-0.4, -0.2) is 37.2 Å². The lowest BCUT2D eigenvalue weighted by Gasteiger charge is -2.18. The number of esters is 3. The molecule has 1 atom stereocenters. The first-order chi connectivity index (χ1) is 31.5. The third kappa shape index (κ3) is 50.6. The predicted molar refractivity (Wildman–Crippen MR) is 275 cm³/mol. The highest BCUT2D eigenvalue weighted by atomic mass is 16.6. The Morgan fingerprint density at radius 2 is 0.562 bits per heavy atom. The van der Waals surface area contributed by atoms with Crippen LogP contribution in [0.1, 0.15) is 297 Å². The number of hydrogen-bond acceptors (Lipinski definition) is 6. The number of ether oxygens (including phenoxy) is 3. The highest BCUT2D eigenvalue weighted by Gasteiger charge is 2.19. The van der Waals surface area contributed by atoms with E-state index in [1.807, 2.05) is 0 Å². The molecular weight excluding hydrogens is 793 g/mol. The minimum absolute atomic E-state index is 0.0733. The molecule has 0 amide bonds. The number of allylic oxidation sites excluding steroid dienone is 6. The fourth-order valence-electron chi connectivity index (χ4n) is 8.12. The predicted octanol–water partition coefficient (Wildman–Crippen LogP) is 18.5. The molecule has 0 aliphatic carbocycles. The molecule has 0 N–H and O–H groups in total. The van der Waals surface area contributed by atoms with Crippen LogP contribution in [0.4, 0.5) is 0 Å². The smallest absolute Gasteiger partial charge is 0.306 e. The van der Waals surface area contributed by atoms with Gasteiger partial charge < -0.3 is 14.2 Å². The van der Waals surface area contributed by atoms with Crippen molar-refractivity contribution in [3.8, 4) is 0 Å². The zero-order chi connectivity index (χ0) is 46.5. The molecule has 0 unspecified atom stereocenters. The van der Waals surface area contributed by atoms with E-state index in [1.54, 1.807) is 0 Å². The van der Waals surface area contributed by atoms with E-state index in [9.17, 15) is 14.4 Å². The molecule has 0 aromatic carbocycles. The quantitative estimate of drug-likeness (QED) is 0.0262. The summed E-state index contributed by atoms with van der Waals surface area (Å²) in [4.78, 5) is 38.1. The number of unbranched alkanes of at least 4 members (excludes halogenated alkanes) is 34. The Morgan fingerprint density at radius 3 is 0.906 bits per heavy atom. The molecule has 374 valence electrons. The van der Waals surface area contributed by atoms with E-state index >= 15 is 0 Å². The van der Waals surface area contributed by atoms with E-state index < -0.39 is 6.10 Å². The zero-order valence-corrected chi connectivity index (χ0v) is 42.8. The summed E-state index contributed by atoms with van der Waals surface area (Å²) < 4.78 is 16.8. The monoisotopic (exact) mass is 899 g/mol. The van der Waals surface area contributed by atoms with Crippen LogP contribution in [0.25, 0.3) is 0 Å². The average molecular weight is 899 g/mol. The molecule has 0 aromatic heterocycles. The maximum atomic E-state index is 12.8. The molecule has 0 saturated carbocycles. The van der Waals surface area contributed by atoms with Gasteiger partial charge in [-0.05, 0) is 77.0 Å². The lowest BCUT2D eigenvalue weighted by molar-refractivity contribution is -0.167. The summed E-state index contributed by atoms with van der Waals surface area (Å²) in [5.41, 5.74) is 0. The highest BCUT2D eigenvalue weighted by molar-refractivity contribution is 5.71. The van der Waals surface area contributed by atoms with E-state index in [2.05, 4.69) is 57.2 Å². The minimum atomic E-state index is -0.774. The van der Waals surface area contributed by atoms with Crippen molar-refractivity contribution in [3.63, 3.8) is 0 Å². The van der Waals surface area contributed by atoms with Gasteiger partial charge in [0.15, 0.2) is 6.10 Å². The highest BCUT2D eigenvalue weighted by Crippen LogP contribution is 2.16. The van der Waals surface area contributed by atoms with Crippen molar-refractivity contribution < 1.29 is 28.6 Å². The van der Waals surface area contributed by atoms with Crippen LogP contribution >= 0.6 is 0 Å². The van der Waals surface area contributed by atoms with Gasteiger partial charge in [0.05, 0.1) is 0 Å². The fraction of sp³-hybridized carbons (Fsp3) is 0.845. The maximum absolute atomic E-state index is 12.8. The van der Waals surface area contributed by atoms with Gasteiger partial charge in [-0.25, -0.2) is 0 Å². The maximum Gasteiger partial charge on any atom is 0.306 e. The van der Waals surface area contributed by atoms with E-state index in [-0.39, 0.29) is 31.1 Å². The lowest BCUT2D eigenvalue weighted by Crippen LogP contribution is -2.30. The van der Waals surface area contributed by atoms with E-state index in [1.165, 1.54) is 186 Å². The SMILES string of the molecule is CCCCC/C=C/C/C=C/CCCCCCCCCCCC(=O)OC[C@@H](COC(=O)CCCCCCCCCCCCCCC)OC(=O)CCCCCCC/C=C/CCCCCCC. The molecule has 0 aliphatic heterocycles. The number of carbonyl (C=O) groups is 3. The van der Waals surface area contributed by atoms with Crippen molar-refractivity contribution in [2.24, 2.45) is 0 Å². The minimum Gasteiger partial charge on any atom is -0.462 e. The average Bonchev–Trinajstić information content (AvgIpc) is 3.29. The van der Waals surface area contributed by atoms with Gasteiger partial charge in [0.25, 0.3) is 0 Å². The van der Waals surface area contributed by atoms with Gasteiger partial charge in [-0.15, -0.1) is 0 Å². The van der Waals surface area contributed by atoms with Crippen molar-refractivity contribution in [3.05, 3.63) is 36.5 Å².